The van der Waals surface area contributed by atoms with Crippen molar-refractivity contribution < 1.29 is 14.8 Å². The molecule has 7 heteroatoms. The summed E-state index contributed by atoms with van der Waals surface area (Å²) in [7, 11) is 0. The van der Waals surface area contributed by atoms with Gasteiger partial charge in [-0.3, -0.25) is 14.9 Å². The molecule has 0 bridgehead atoms. The number of nitrogens with zero attached hydrogens (tertiary/aromatic N) is 2. The SMILES string of the molecule is CSc1ccc([N+](=O)[O-])c(C(=O)N2CCCC(CO)C2)c1. The van der Waals surface area contributed by atoms with Gasteiger partial charge in [-0.1, -0.05) is 0 Å². The zero-order valence-corrected chi connectivity index (χ0v) is 12.6. The minimum Gasteiger partial charge on any atom is -0.396 e. The summed E-state index contributed by atoms with van der Waals surface area (Å²) in [5, 5.41) is 20.4. The lowest BCUT2D eigenvalue weighted by atomic mass is 9.98. The van der Waals surface area contributed by atoms with Crippen LogP contribution >= 0.6 is 11.8 Å². The maximum absolute atomic E-state index is 12.6. The first kappa shape index (κ1) is 15.8. The molecule has 6 nitrogen and oxygen atoms in total. The highest BCUT2D eigenvalue weighted by molar-refractivity contribution is 7.98. The summed E-state index contributed by atoms with van der Waals surface area (Å²) in [5.41, 5.74) is -0.0330. The quantitative estimate of drug-likeness (QED) is 0.523. The van der Waals surface area contributed by atoms with Crippen molar-refractivity contribution in [1.82, 2.24) is 4.90 Å². The molecule has 0 radical (unpaired) electrons. The van der Waals surface area contributed by atoms with E-state index in [0.29, 0.717) is 13.1 Å². The monoisotopic (exact) mass is 310 g/mol. The summed E-state index contributed by atoms with van der Waals surface area (Å²) in [4.78, 5) is 25.6. The Morgan fingerprint density at radius 2 is 2.33 bits per heavy atom. The first-order valence-electron chi connectivity index (χ1n) is 6.79. The first-order valence-corrected chi connectivity index (χ1v) is 8.02. The van der Waals surface area contributed by atoms with Crippen LogP contribution in [0.25, 0.3) is 0 Å². The predicted octanol–water partition coefficient (Wildman–Crippen LogP) is 2.16. The summed E-state index contributed by atoms with van der Waals surface area (Å²) in [5.74, 6) is -0.263. The number of aliphatic hydroxyl groups is 1. The average Bonchev–Trinajstić information content (AvgIpc) is 2.53. The number of likely N-dealkylation sites (tertiary alicyclic amines) is 1. The highest BCUT2D eigenvalue weighted by atomic mass is 32.2. The van der Waals surface area contributed by atoms with Crippen LogP contribution in [0, 0.1) is 16.0 Å². The van der Waals surface area contributed by atoms with Crippen molar-refractivity contribution in [1.29, 1.82) is 0 Å². The Hall–Kier alpha value is -1.60. The fourth-order valence-corrected chi connectivity index (χ4v) is 2.98. The van der Waals surface area contributed by atoms with Gasteiger partial charge in [0.1, 0.15) is 5.56 Å². The number of nitro groups is 1. The fourth-order valence-electron chi connectivity index (χ4n) is 2.54. The van der Waals surface area contributed by atoms with Gasteiger partial charge in [-0.2, -0.15) is 0 Å². The molecule has 0 aromatic heterocycles. The van der Waals surface area contributed by atoms with E-state index in [9.17, 15) is 20.0 Å². The molecular formula is C14H18N2O4S. The molecule has 1 unspecified atom stereocenters. The van der Waals surface area contributed by atoms with Crippen molar-refractivity contribution in [3.8, 4) is 0 Å². The van der Waals surface area contributed by atoms with Crippen LogP contribution in [0.15, 0.2) is 23.1 Å². The van der Waals surface area contributed by atoms with E-state index in [4.69, 9.17) is 0 Å². The second kappa shape index (κ2) is 6.91. The standard InChI is InChI=1S/C14H18N2O4S/c1-21-11-4-5-13(16(19)20)12(7-11)14(18)15-6-2-3-10(8-15)9-17/h4-5,7,10,17H,2-3,6,8-9H2,1H3. The number of amides is 1. The first-order chi connectivity index (χ1) is 10.1. The van der Waals surface area contributed by atoms with Crippen LogP contribution in [0.2, 0.25) is 0 Å². The smallest absolute Gasteiger partial charge is 0.282 e. The molecule has 1 aromatic rings. The lowest BCUT2D eigenvalue weighted by Gasteiger charge is -2.31. The van der Waals surface area contributed by atoms with Crippen LogP contribution in [0.4, 0.5) is 5.69 Å². The molecule has 0 aliphatic carbocycles. The average molecular weight is 310 g/mol. The second-order valence-corrected chi connectivity index (χ2v) is 5.96. The van der Waals surface area contributed by atoms with E-state index in [2.05, 4.69) is 0 Å². The Balaban J connectivity index is 2.30. The normalized spacial score (nSPS) is 18.6. The Morgan fingerprint density at radius 1 is 1.57 bits per heavy atom. The number of rotatable bonds is 4. The summed E-state index contributed by atoms with van der Waals surface area (Å²) >= 11 is 1.44. The third-order valence-electron chi connectivity index (χ3n) is 3.70. The number of carbonyl (C=O) groups excluding carboxylic acids is 1. The Kier molecular flexibility index (Phi) is 5.19. The Labute approximate surface area is 127 Å². The summed E-state index contributed by atoms with van der Waals surface area (Å²) < 4.78 is 0. The molecule has 1 aliphatic heterocycles. The molecular weight excluding hydrogens is 292 g/mol. The van der Waals surface area contributed by atoms with Crippen LogP contribution in [-0.4, -0.2) is 46.8 Å². The van der Waals surface area contributed by atoms with Crippen LogP contribution in [0.1, 0.15) is 23.2 Å². The molecule has 21 heavy (non-hydrogen) atoms. The van der Waals surface area contributed by atoms with E-state index in [0.717, 1.165) is 17.7 Å². The van der Waals surface area contributed by atoms with E-state index in [1.165, 1.54) is 17.8 Å². The maximum atomic E-state index is 12.6. The predicted molar refractivity (Wildman–Crippen MR) is 80.6 cm³/mol. The molecule has 1 fully saturated rings. The largest absolute Gasteiger partial charge is 0.396 e. The van der Waals surface area contributed by atoms with Gasteiger partial charge in [-0.05, 0) is 37.1 Å². The van der Waals surface area contributed by atoms with Crippen LogP contribution in [-0.2, 0) is 0 Å². The van der Waals surface area contributed by atoms with Gasteiger partial charge in [0.05, 0.1) is 4.92 Å². The minimum atomic E-state index is -0.523. The number of hydrogen-bond donors (Lipinski definition) is 1. The van der Waals surface area contributed by atoms with E-state index < -0.39 is 4.92 Å². The van der Waals surface area contributed by atoms with Gasteiger partial charge in [0.25, 0.3) is 11.6 Å². The molecule has 0 saturated carbocycles. The number of nitro benzene ring substituents is 1. The van der Waals surface area contributed by atoms with Gasteiger partial charge in [0, 0.05) is 30.7 Å². The zero-order valence-electron chi connectivity index (χ0n) is 11.8. The van der Waals surface area contributed by atoms with E-state index in [1.807, 2.05) is 6.26 Å². The highest BCUT2D eigenvalue weighted by Gasteiger charge is 2.28. The molecule has 1 N–H and O–H groups in total. The number of thioether (sulfide) groups is 1. The van der Waals surface area contributed by atoms with Crippen molar-refractivity contribution >= 4 is 23.4 Å². The molecule has 1 aliphatic rings. The number of aliphatic hydroxyl groups excluding tert-OH is 1. The van der Waals surface area contributed by atoms with Crippen molar-refractivity contribution in [2.75, 3.05) is 26.0 Å². The Bertz CT molecular complexity index is 550. The number of hydrogen-bond acceptors (Lipinski definition) is 5. The minimum absolute atomic E-state index is 0.0384. The number of benzene rings is 1. The van der Waals surface area contributed by atoms with Gasteiger partial charge in [-0.25, -0.2) is 0 Å². The maximum Gasteiger partial charge on any atom is 0.282 e. The molecule has 114 valence electrons. The van der Waals surface area contributed by atoms with E-state index >= 15 is 0 Å². The van der Waals surface area contributed by atoms with Crippen LogP contribution in [0.5, 0.6) is 0 Å². The van der Waals surface area contributed by atoms with Crippen molar-refractivity contribution in [3.05, 3.63) is 33.9 Å². The zero-order chi connectivity index (χ0) is 15.4. The van der Waals surface area contributed by atoms with Gasteiger partial charge in [0.2, 0.25) is 0 Å². The number of piperidine rings is 1. The molecule has 1 amide bonds. The van der Waals surface area contributed by atoms with Crippen LogP contribution in [0.3, 0.4) is 0 Å². The van der Waals surface area contributed by atoms with Gasteiger partial charge >= 0.3 is 0 Å². The second-order valence-electron chi connectivity index (χ2n) is 5.08. The summed E-state index contributed by atoms with van der Waals surface area (Å²) in [6.45, 7) is 1.07. The van der Waals surface area contributed by atoms with Gasteiger partial charge in [0.15, 0.2) is 0 Å². The Morgan fingerprint density at radius 3 is 2.95 bits per heavy atom. The lowest BCUT2D eigenvalue weighted by molar-refractivity contribution is -0.385. The van der Waals surface area contributed by atoms with Crippen LogP contribution < -0.4 is 0 Å². The topological polar surface area (TPSA) is 83.7 Å². The summed E-state index contributed by atoms with van der Waals surface area (Å²) in [6, 6.07) is 4.60. The van der Waals surface area contributed by atoms with Gasteiger partial charge < -0.3 is 10.0 Å². The summed E-state index contributed by atoms with van der Waals surface area (Å²) in [6.07, 6.45) is 3.55. The molecule has 0 spiro atoms. The molecule has 1 saturated heterocycles. The third-order valence-corrected chi connectivity index (χ3v) is 4.42. The molecule has 1 atom stereocenters. The van der Waals surface area contributed by atoms with Crippen molar-refractivity contribution in [2.45, 2.75) is 17.7 Å². The van der Waals surface area contributed by atoms with E-state index in [-0.39, 0.29) is 29.7 Å². The molecule has 1 heterocycles. The van der Waals surface area contributed by atoms with Crippen molar-refractivity contribution in [3.63, 3.8) is 0 Å². The lowest BCUT2D eigenvalue weighted by Crippen LogP contribution is -2.41. The molecule has 2 rings (SSSR count). The highest BCUT2D eigenvalue weighted by Crippen LogP contribution is 2.27. The van der Waals surface area contributed by atoms with Gasteiger partial charge in [-0.15, -0.1) is 11.8 Å². The fraction of sp³-hybridized carbons (Fsp3) is 0.500. The molecule has 1 aromatic carbocycles. The third kappa shape index (κ3) is 3.54. The van der Waals surface area contributed by atoms with E-state index in [1.54, 1.807) is 17.0 Å². The van der Waals surface area contributed by atoms with Crippen molar-refractivity contribution in [2.24, 2.45) is 5.92 Å². The number of carbonyl (C=O) groups is 1.